The lowest BCUT2D eigenvalue weighted by molar-refractivity contribution is -0.870. The topological polar surface area (TPSA) is 111 Å². The van der Waals surface area contributed by atoms with E-state index in [1.807, 2.05) is 21.1 Å². The lowest BCUT2D eigenvalue weighted by Crippen LogP contribution is -2.37. The number of unbranched alkanes of at least 4 members (excludes halogenated alkanes) is 20. The molecule has 0 heterocycles. The molecule has 0 aliphatic heterocycles. The Morgan fingerprint density at radius 2 is 0.814 bits per heavy atom. The number of phosphoric ester groups is 1. The molecule has 0 N–H and O–H groups in total. The first-order valence-electron chi connectivity index (χ1n) is 27.9. The molecule has 0 rings (SSSR count). The second-order valence-electron chi connectivity index (χ2n) is 19.6. The Bertz CT molecular complexity index is 1500. The van der Waals surface area contributed by atoms with Crippen molar-refractivity contribution in [3.8, 4) is 0 Å². The van der Waals surface area contributed by atoms with Crippen LogP contribution in [0.1, 0.15) is 219 Å². The van der Waals surface area contributed by atoms with E-state index in [4.69, 9.17) is 18.5 Å². The largest absolute Gasteiger partial charge is 0.756 e. The fourth-order valence-electron chi connectivity index (χ4n) is 7.26. The summed E-state index contributed by atoms with van der Waals surface area (Å²) in [5.41, 5.74) is 0. The van der Waals surface area contributed by atoms with Gasteiger partial charge in [0.2, 0.25) is 0 Å². The third-order valence-electron chi connectivity index (χ3n) is 11.6. The van der Waals surface area contributed by atoms with Crippen LogP contribution in [0.2, 0.25) is 0 Å². The van der Waals surface area contributed by atoms with Gasteiger partial charge in [-0.05, 0) is 89.9 Å². The van der Waals surface area contributed by atoms with Crippen molar-refractivity contribution in [2.75, 3.05) is 47.5 Å². The van der Waals surface area contributed by atoms with E-state index >= 15 is 0 Å². The highest BCUT2D eigenvalue weighted by molar-refractivity contribution is 7.45. The van der Waals surface area contributed by atoms with E-state index in [9.17, 15) is 19.0 Å². The van der Waals surface area contributed by atoms with Crippen molar-refractivity contribution in [3.63, 3.8) is 0 Å². The Kier molecular flexibility index (Phi) is 48.6. The molecule has 0 radical (unpaired) electrons. The molecule has 0 aliphatic carbocycles. The predicted octanol–water partition coefficient (Wildman–Crippen LogP) is 16.6. The predicted molar refractivity (Wildman–Crippen MR) is 295 cm³/mol. The fourth-order valence-corrected chi connectivity index (χ4v) is 7.99. The number of carbonyl (C=O) groups is 2. The average Bonchev–Trinajstić information content (AvgIpc) is 3.32. The summed E-state index contributed by atoms with van der Waals surface area (Å²) in [6.45, 7) is 4.06. The first-order valence-corrected chi connectivity index (χ1v) is 29.4. The lowest BCUT2D eigenvalue weighted by atomic mass is 10.0. The van der Waals surface area contributed by atoms with Gasteiger partial charge in [-0.15, -0.1) is 0 Å². The van der Waals surface area contributed by atoms with E-state index in [1.54, 1.807) is 0 Å². The van der Waals surface area contributed by atoms with Crippen LogP contribution in [-0.4, -0.2) is 70.0 Å². The van der Waals surface area contributed by atoms with Gasteiger partial charge < -0.3 is 27.9 Å². The van der Waals surface area contributed by atoms with Crippen LogP contribution in [0.15, 0.2) is 97.2 Å². The number of rotatable bonds is 50. The number of phosphoric acid groups is 1. The molecule has 2 atom stereocenters. The van der Waals surface area contributed by atoms with Gasteiger partial charge in [-0.1, -0.05) is 214 Å². The molecule has 0 aromatic carbocycles. The van der Waals surface area contributed by atoms with E-state index in [0.29, 0.717) is 17.4 Å². The molecule has 0 saturated carbocycles. The van der Waals surface area contributed by atoms with Gasteiger partial charge in [-0.25, -0.2) is 0 Å². The molecule has 402 valence electrons. The van der Waals surface area contributed by atoms with Crippen molar-refractivity contribution < 1.29 is 42.1 Å². The third-order valence-corrected chi connectivity index (χ3v) is 12.6. The van der Waals surface area contributed by atoms with Crippen LogP contribution in [-0.2, 0) is 32.7 Å². The van der Waals surface area contributed by atoms with E-state index in [1.165, 1.54) is 77.0 Å². The molecule has 0 aromatic heterocycles. The summed E-state index contributed by atoms with van der Waals surface area (Å²) < 4.78 is 34.0. The van der Waals surface area contributed by atoms with E-state index in [2.05, 4.69) is 111 Å². The highest BCUT2D eigenvalue weighted by atomic mass is 31.2. The second kappa shape index (κ2) is 50.9. The summed E-state index contributed by atoms with van der Waals surface area (Å²) in [6.07, 6.45) is 68.9. The SMILES string of the molecule is CC/C=C\C/C=C\C/C=C\C/C=C\C/C=C\C/C=C\C/C=C\CCCCCCCCCCCCCCCC(=O)OC(COC(=O)CCCCCCC/C=C\CCCC)COP(=O)([O-])OCC[N+](C)(C)C. The van der Waals surface area contributed by atoms with E-state index in [0.717, 1.165) is 109 Å². The Hall–Kier alpha value is -3.07. The number of likely N-dealkylation sites (N-methyl/N-ethyl adjacent to an activating group) is 1. The van der Waals surface area contributed by atoms with Gasteiger partial charge in [-0.2, -0.15) is 0 Å². The summed E-state index contributed by atoms with van der Waals surface area (Å²) >= 11 is 0. The molecule has 0 spiro atoms. The minimum Gasteiger partial charge on any atom is -0.756 e. The number of hydrogen-bond acceptors (Lipinski definition) is 8. The maximum absolute atomic E-state index is 12.8. The molecule has 0 saturated heterocycles. The van der Waals surface area contributed by atoms with Gasteiger partial charge >= 0.3 is 11.9 Å². The first kappa shape index (κ1) is 66.9. The van der Waals surface area contributed by atoms with Gasteiger partial charge in [0.1, 0.15) is 19.8 Å². The van der Waals surface area contributed by atoms with Gasteiger partial charge in [0, 0.05) is 12.8 Å². The Morgan fingerprint density at radius 1 is 0.457 bits per heavy atom. The highest BCUT2D eigenvalue weighted by Crippen LogP contribution is 2.38. The second-order valence-corrected chi connectivity index (χ2v) is 21.0. The summed E-state index contributed by atoms with van der Waals surface area (Å²) in [5.74, 6) is -0.850. The van der Waals surface area contributed by atoms with Crippen molar-refractivity contribution in [1.82, 2.24) is 0 Å². The maximum atomic E-state index is 12.8. The minimum atomic E-state index is -4.63. The van der Waals surface area contributed by atoms with Crippen molar-refractivity contribution in [3.05, 3.63) is 97.2 Å². The zero-order chi connectivity index (χ0) is 51.3. The van der Waals surface area contributed by atoms with Gasteiger partial charge in [0.05, 0.1) is 27.7 Å². The van der Waals surface area contributed by atoms with Crippen LogP contribution in [0.25, 0.3) is 0 Å². The molecule has 0 bridgehead atoms. The average molecular weight is 998 g/mol. The molecule has 0 fully saturated rings. The maximum Gasteiger partial charge on any atom is 0.306 e. The molecular weight excluding hydrogens is 894 g/mol. The summed E-state index contributed by atoms with van der Waals surface area (Å²) in [6, 6.07) is 0. The molecular formula is C60H104NO8P. The van der Waals surface area contributed by atoms with Crippen molar-refractivity contribution in [2.45, 2.75) is 225 Å². The van der Waals surface area contributed by atoms with Gasteiger partial charge in [-0.3, -0.25) is 14.2 Å². The van der Waals surface area contributed by atoms with Crippen LogP contribution in [0, 0.1) is 0 Å². The normalized spacial score (nSPS) is 14.1. The summed E-state index contributed by atoms with van der Waals surface area (Å²) in [5, 5.41) is 0. The van der Waals surface area contributed by atoms with Crippen LogP contribution in [0.5, 0.6) is 0 Å². The summed E-state index contributed by atoms with van der Waals surface area (Å²) in [4.78, 5) is 37.7. The zero-order valence-electron chi connectivity index (χ0n) is 45.4. The third kappa shape index (κ3) is 54.3. The van der Waals surface area contributed by atoms with Crippen LogP contribution in [0.3, 0.4) is 0 Å². The molecule has 0 aromatic rings. The Balaban J connectivity index is 4.05. The van der Waals surface area contributed by atoms with Gasteiger partial charge in [0.25, 0.3) is 7.82 Å². The minimum absolute atomic E-state index is 0.0355. The first-order chi connectivity index (χ1) is 34.0. The molecule has 9 nitrogen and oxygen atoms in total. The molecule has 2 unspecified atom stereocenters. The highest BCUT2D eigenvalue weighted by Gasteiger charge is 2.21. The van der Waals surface area contributed by atoms with E-state index in [-0.39, 0.29) is 26.1 Å². The summed E-state index contributed by atoms with van der Waals surface area (Å²) in [7, 11) is 1.15. The van der Waals surface area contributed by atoms with Crippen LogP contribution in [0.4, 0.5) is 0 Å². The number of nitrogens with zero attached hydrogens (tertiary/aromatic N) is 1. The number of carbonyl (C=O) groups excluding carboxylic acids is 2. The lowest BCUT2D eigenvalue weighted by Gasteiger charge is -2.28. The van der Waals surface area contributed by atoms with Crippen LogP contribution < -0.4 is 4.89 Å². The molecule has 10 heteroatoms. The van der Waals surface area contributed by atoms with Gasteiger partial charge in [0.15, 0.2) is 6.10 Å². The number of esters is 2. The molecule has 0 aliphatic rings. The van der Waals surface area contributed by atoms with E-state index < -0.39 is 32.5 Å². The molecule has 0 amide bonds. The van der Waals surface area contributed by atoms with Crippen molar-refractivity contribution in [2.24, 2.45) is 0 Å². The number of hydrogen-bond donors (Lipinski definition) is 0. The number of allylic oxidation sites excluding steroid dienone is 16. The van der Waals surface area contributed by atoms with Crippen molar-refractivity contribution >= 4 is 19.8 Å². The van der Waals surface area contributed by atoms with Crippen LogP contribution >= 0.6 is 7.82 Å². The Labute approximate surface area is 430 Å². The quantitative estimate of drug-likeness (QED) is 0.0195. The zero-order valence-corrected chi connectivity index (χ0v) is 46.3. The molecule has 70 heavy (non-hydrogen) atoms. The Morgan fingerprint density at radius 3 is 1.23 bits per heavy atom. The number of quaternary nitrogens is 1. The number of ether oxygens (including phenoxy) is 2. The smallest absolute Gasteiger partial charge is 0.306 e. The standard InChI is InChI=1S/C60H104NO8P/c1-6-8-10-12-14-16-18-19-20-21-22-23-24-25-26-27-28-29-30-31-32-33-34-35-36-37-38-39-40-41-43-45-47-49-51-53-60(63)69-58(57-68-70(64,65)67-55-54-61(3,4)5)56-66-59(62)52-50-48-46-44-42-17-15-13-11-9-7-2/h8,10,13-16,19-20,22-23,25-26,28-29,31-32,58H,6-7,9,11-12,17-18,21,24,27,30,33-57H2,1-5H3/b10-8-,15-13-,16-14-,20-19-,23-22-,26-25-,29-28-,32-31-. The van der Waals surface area contributed by atoms with Crippen molar-refractivity contribution in [1.29, 1.82) is 0 Å². The fraction of sp³-hybridized carbons (Fsp3) is 0.700. The monoisotopic (exact) mass is 998 g/mol.